The molecule has 17 nitrogen and oxygen atoms in total. The summed E-state index contributed by atoms with van der Waals surface area (Å²) in [5.74, 6) is -1.45. The highest BCUT2D eigenvalue weighted by Crippen LogP contribution is 2.44. The average molecular weight is 1110 g/mol. The van der Waals surface area contributed by atoms with E-state index < -0.39 is 23.6 Å². The molecule has 0 unspecified atom stereocenters. The summed E-state index contributed by atoms with van der Waals surface area (Å²) in [5, 5.41) is 5.80. The second-order valence-electron chi connectivity index (χ2n) is 20.8. The minimum Gasteiger partial charge on any atom is -0.491 e. The van der Waals surface area contributed by atoms with E-state index in [0.717, 1.165) is 28.1 Å². The van der Waals surface area contributed by atoms with Crippen LogP contribution in [0.2, 0.25) is 0 Å². The minimum absolute atomic E-state index is 0.0898. The van der Waals surface area contributed by atoms with Gasteiger partial charge in [-0.1, -0.05) is 74.5 Å². The molecule has 1 aromatic heterocycles. The van der Waals surface area contributed by atoms with Crippen LogP contribution >= 0.6 is 0 Å². The molecule has 0 radical (unpaired) electrons. The second-order valence-corrected chi connectivity index (χ2v) is 20.8. The van der Waals surface area contributed by atoms with E-state index >= 15 is 0 Å². The summed E-state index contributed by atoms with van der Waals surface area (Å²) in [4.78, 5) is 39.5. The van der Waals surface area contributed by atoms with Crippen molar-refractivity contribution < 1.29 is 70.9 Å². The van der Waals surface area contributed by atoms with E-state index in [2.05, 4.69) is 29.0 Å². The van der Waals surface area contributed by atoms with Crippen LogP contribution in [0.3, 0.4) is 0 Å². The number of para-hydroxylation sites is 1. The molecule has 2 heterocycles. The van der Waals surface area contributed by atoms with Crippen LogP contribution in [0.15, 0.2) is 109 Å². The highest BCUT2D eigenvalue weighted by molar-refractivity contribution is 6.12. The molecular formula is C62H82FN3O14. The molecule has 1 aliphatic heterocycles. The molecule has 6 rings (SSSR count). The molecule has 1 saturated heterocycles. The fourth-order valence-corrected chi connectivity index (χ4v) is 9.10. The predicted octanol–water partition coefficient (Wildman–Crippen LogP) is 10.8. The highest BCUT2D eigenvalue weighted by Gasteiger charge is 2.38. The lowest BCUT2D eigenvalue weighted by Gasteiger charge is -2.41. The minimum atomic E-state index is -0.958. The summed E-state index contributed by atoms with van der Waals surface area (Å²) in [6.07, 6.45) is -0.119. The first kappa shape index (κ1) is 63.0. The number of aromatic nitrogens is 1. The van der Waals surface area contributed by atoms with Crippen LogP contribution in [-0.4, -0.2) is 139 Å². The number of nitrogens with zero attached hydrogens (tertiary/aromatic N) is 1. The van der Waals surface area contributed by atoms with Crippen molar-refractivity contribution in [1.29, 1.82) is 0 Å². The molecule has 0 spiro atoms. The Morgan fingerprint density at radius 2 is 1.20 bits per heavy atom. The van der Waals surface area contributed by atoms with Crippen molar-refractivity contribution in [2.45, 2.75) is 110 Å². The van der Waals surface area contributed by atoms with E-state index in [1.165, 1.54) is 12.1 Å². The molecule has 436 valence electrons. The standard InChI is InChI=1S/C62H82FN3O14/c1-45(2)57-56(59(68)65-50-16-12-9-13-17-50)55(58(48-18-22-49(63)23-19-48)66(57)28-26-52-42-53(79-62(6,7)78-52)43-54(67)80-61(3,4)5)47-20-24-51(25-21-47)76-41-40-75-39-38-74-37-36-73-35-34-72-33-32-71-31-30-70-29-27-64-60(69)77-44-46-14-10-8-11-15-46/h8-25,45,52-53H,26-44H2,1-7H3,(H,64,69)(H,65,68)/t52-,53-/m1/s1. The second kappa shape index (κ2) is 32.9. The van der Waals surface area contributed by atoms with Gasteiger partial charge in [0.1, 0.15) is 30.4 Å². The number of ether oxygens (including phenoxy) is 11. The number of carbonyl (C=O) groups excluding carboxylic acids is 3. The molecule has 4 aromatic carbocycles. The third-order valence-corrected chi connectivity index (χ3v) is 12.4. The van der Waals surface area contributed by atoms with Gasteiger partial charge in [0.05, 0.1) is 109 Å². The number of benzene rings is 4. The van der Waals surface area contributed by atoms with E-state index in [4.69, 9.17) is 52.1 Å². The Bertz CT molecular complexity index is 2610. The molecule has 1 aliphatic rings. The van der Waals surface area contributed by atoms with Gasteiger partial charge in [0.25, 0.3) is 5.91 Å². The van der Waals surface area contributed by atoms with Gasteiger partial charge in [-0.25, -0.2) is 9.18 Å². The van der Waals surface area contributed by atoms with Gasteiger partial charge < -0.3 is 67.3 Å². The third kappa shape index (κ3) is 22.0. The lowest BCUT2D eigenvalue weighted by molar-refractivity contribution is -0.301. The monoisotopic (exact) mass is 1110 g/mol. The van der Waals surface area contributed by atoms with Gasteiger partial charge in [-0.3, -0.25) is 9.59 Å². The summed E-state index contributed by atoms with van der Waals surface area (Å²) in [6.45, 7) is 19.5. The highest BCUT2D eigenvalue weighted by atomic mass is 19.1. The lowest BCUT2D eigenvalue weighted by Crippen LogP contribution is -2.46. The van der Waals surface area contributed by atoms with Crippen molar-refractivity contribution in [2.75, 3.05) is 97.8 Å². The fraction of sp³-hybridized carbons (Fsp3) is 0.500. The average Bonchev–Trinajstić information content (AvgIpc) is 3.78. The molecule has 0 bridgehead atoms. The summed E-state index contributed by atoms with van der Waals surface area (Å²) >= 11 is 0. The number of alkyl carbamates (subject to hydrolysis) is 1. The molecule has 2 N–H and O–H groups in total. The third-order valence-electron chi connectivity index (χ3n) is 12.4. The molecule has 80 heavy (non-hydrogen) atoms. The summed E-state index contributed by atoms with van der Waals surface area (Å²) < 4.78 is 79.9. The van der Waals surface area contributed by atoms with Crippen molar-refractivity contribution in [1.82, 2.24) is 9.88 Å². The number of nitrogens with one attached hydrogen (secondary N) is 2. The van der Waals surface area contributed by atoms with Gasteiger partial charge in [0, 0.05) is 36.5 Å². The first-order valence-electron chi connectivity index (χ1n) is 27.7. The largest absolute Gasteiger partial charge is 0.491 e. The van der Waals surface area contributed by atoms with Crippen LogP contribution in [-0.2, 0) is 65.3 Å². The Kier molecular flexibility index (Phi) is 25.9. The van der Waals surface area contributed by atoms with Crippen molar-refractivity contribution in [3.05, 3.63) is 132 Å². The molecule has 0 aliphatic carbocycles. The first-order chi connectivity index (χ1) is 38.5. The Morgan fingerprint density at radius 3 is 1.76 bits per heavy atom. The Morgan fingerprint density at radius 1 is 0.675 bits per heavy atom. The van der Waals surface area contributed by atoms with E-state index in [1.54, 1.807) is 12.1 Å². The maximum absolute atomic E-state index is 14.8. The topological polar surface area (TPSA) is 182 Å². The smallest absolute Gasteiger partial charge is 0.407 e. The van der Waals surface area contributed by atoms with Gasteiger partial charge >= 0.3 is 12.1 Å². The van der Waals surface area contributed by atoms with Gasteiger partial charge in [0.2, 0.25) is 0 Å². The summed E-state index contributed by atoms with van der Waals surface area (Å²) in [7, 11) is 0. The molecule has 5 aromatic rings. The van der Waals surface area contributed by atoms with Crippen LogP contribution in [0, 0.1) is 5.82 Å². The van der Waals surface area contributed by atoms with Crippen molar-refractivity contribution in [3.63, 3.8) is 0 Å². The van der Waals surface area contributed by atoms with E-state index in [9.17, 15) is 18.8 Å². The van der Waals surface area contributed by atoms with Crippen LogP contribution in [0.25, 0.3) is 22.4 Å². The molecule has 2 atom stereocenters. The van der Waals surface area contributed by atoms with Crippen LogP contribution in [0.5, 0.6) is 5.75 Å². The molecule has 2 amide bonds. The van der Waals surface area contributed by atoms with Gasteiger partial charge in [-0.05, 0) is 112 Å². The zero-order valence-electron chi connectivity index (χ0n) is 47.6. The number of carbonyl (C=O) groups is 3. The van der Waals surface area contributed by atoms with Crippen LogP contribution < -0.4 is 15.4 Å². The van der Waals surface area contributed by atoms with E-state index in [-0.39, 0.29) is 42.7 Å². The van der Waals surface area contributed by atoms with Gasteiger partial charge in [-0.15, -0.1) is 0 Å². The quantitative estimate of drug-likeness (QED) is 0.0293. The number of esters is 1. The van der Waals surface area contributed by atoms with E-state index in [0.29, 0.717) is 134 Å². The molecule has 0 saturated carbocycles. The first-order valence-corrected chi connectivity index (χ1v) is 27.7. The SMILES string of the molecule is CC(C)c1c(C(=O)Nc2ccccc2)c(-c2ccc(OCCOCCOCCOCCOCCOCCOCCNC(=O)OCc3ccccc3)cc2)c(-c2ccc(F)cc2)n1CC[C@@H]1C[C@H](CC(=O)OC(C)(C)C)OC(C)(C)O1. The maximum atomic E-state index is 14.8. The summed E-state index contributed by atoms with van der Waals surface area (Å²) in [5.41, 5.74) is 5.22. The number of rotatable bonds is 34. The molecular weight excluding hydrogens is 1030 g/mol. The predicted molar refractivity (Wildman–Crippen MR) is 302 cm³/mol. The Hall–Kier alpha value is -6.22. The number of halogens is 1. The number of hydrogen-bond acceptors (Lipinski definition) is 14. The number of amides is 2. The van der Waals surface area contributed by atoms with Crippen LogP contribution in [0.4, 0.5) is 14.9 Å². The molecule has 1 fully saturated rings. The van der Waals surface area contributed by atoms with Crippen LogP contribution in [0.1, 0.15) is 95.3 Å². The lowest BCUT2D eigenvalue weighted by atomic mass is 9.94. The van der Waals surface area contributed by atoms with Gasteiger partial charge in [0.15, 0.2) is 5.79 Å². The van der Waals surface area contributed by atoms with Crippen molar-refractivity contribution in [2.24, 2.45) is 0 Å². The zero-order valence-corrected chi connectivity index (χ0v) is 47.6. The zero-order chi connectivity index (χ0) is 57.2. The normalized spacial score (nSPS) is 15.2. The number of hydrogen-bond donors (Lipinski definition) is 2. The van der Waals surface area contributed by atoms with E-state index in [1.807, 2.05) is 120 Å². The number of anilines is 1. The maximum Gasteiger partial charge on any atom is 0.407 e. The van der Waals surface area contributed by atoms with Gasteiger partial charge in [-0.2, -0.15) is 0 Å². The fourth-order valence-electron chi connectivity index (χ4n) is 9.10. The summed E-state index contributed by atoms with van der Waals surface area (Å²) in [6, 6.07) is 32.8. The Balaban J connectivity index is 0.943. The van der Waals surface area contributed by atoms with Crippen molar-refractivity contribution in [3.8, 4) is 28.1 Å². The molecule has 18 heteroatoms. The Labute approximate surface area is 470 Å². The van der Waals surface area contributed by atoms with Crippen molar-refractivity contribution >= 4 is 23.7 Å².